The summed E-state index contributed by atoms with van der Waals surface area (Å²) in [5.41, 5.74) is 4.68. The highest BCUT2D eigenvalue weighted by Crippen LogP contribution is 2.20. The van der Waals surface area contributed by atoms with Gasteiger partial charge in [0.15, 0.2) is 0 Å². The maximum Gasteiger partial charge on any atom is 0.0893 e. The van der Waals surface area contributed by atoms with Gasteiger partial charge in [0, 0.05) is 5.39 Å². The van der Waals surface area contributed by atoms with E-state index in [0.29, 0.717) is 0 Å². The molecular weight excluding hydrogens is 256 g/mol. The number of aryl methyl sites for hydroxylation is 1. The minimum absolute atomic E-state index is 0.787. The average Bonchev–Trinajstić information content (AvgIpc) is 2.54. The molecule has 0 unspecified atom stereocenters. The lowest BCUT2D eigenvalue weighted by Gasteiger charge is -2.05. The van der Waals surface area contributed by atoms with Crippen molar-refractivity contribution in [3.05, 3.63) is 84.6 Å². The molecule has 1 aromatic heterocycles. The van der Waals surface area contributed by atoms with E-state index in [1.165, 1.54) is 0 Å². The summed E-state index contributed by atoms with van der Waals surface area (Å²) in [6.07, 6.45) is 1.75. The first kappa shape index (κ1) is 13.3. The van der Waals surface area contributed by atoms with Gasteiger partial charge in [-0.05, 0) is 36.8 Å². The van der Waals surface area contributed by atoms with Crippen molar-refractivity contribution in [3.8, 4) is 0 Å². The first-order valence-electron chi connectivity index (χ1n) is 6.91. The van der Waals surface area contributed by atoms with Crippen molar-refractivity contribution in [1.29, 1.82) is 0 Å². The lowest BCUT2D eigenvalue weighted by molar-refractivity contribution is 1.34. The molecule has 0 radical (unpaired) electrons. The fourth-order valence-electron chi connectivity index (χ4n) is 2.23. The maximum atomic E-state index is 4.69. The predicted molar refractivity (Wildman–Crippen MR) is 89.3 cm³/mol. The molecule has 1 heterocycles. The van der Waals surface area contributed by atoms with Gasteiger partial charge in [-0.15, -0.1) is 0 Å². The standard InChI is InChI=1S/C19H16N2/c1-3-16(20-17-10-6-4-8-14(17)2)19-13-12-15-9-5-7-11-18(15)21-19/h3-13H,1H2,2H3. The molecular formula is C19H16N2. The van der Waals surface area contributed by atoms with Crippen LogP contribution in [0.5, 0.6) is 0 Å². The Balaban J connectivity index is 2.10. The Kier molecular flexibility index (Phi) is 3.61. The topological polar surface area (TPSA) is 25.2 Å². The highest BCUT2D eigenvalue weighted by atomic mass is 14.8. The number of hydrogen-bond acceptors (Lipinski definition) is 2. The summed E-state index contributed by atoms with van der Waals surface area (Å²) in [7, 11) is 0. The van der Waals surface area contributed by atoms with Gasteiger partial charge in [0.05, 0.1) is 22.6 Å². The number of hydrogen-bond donors (Lipinski definition) is 0. The Morgan fingerprint density at radius 2 is 1.76 bits per heavy atom. The van der Waals surface area contributed by atoms with E-state index in [4.69, 9.17) is 0 Å². The lowest BCUT2D eigenvalue weighted by atomic mass is 10.1. The van der Waals surface area contributed by atoms with Crippen LogP contribution in [0.3, 0.4) is 0 Å². The number of allylic oxidation sites excluding steroid dienone is 1. The first-order valence-corrected chi connectivity index (χ1v) is 6.91. The van der Waals surface area contributed by atoms with Gasteiger partial charge in [0.1, 0.15) is 0 Å². The molecule has 2 aromatic carbocycles. The van der Waals surface area contributed by atoms with E-state index in [9.17, 15) is 0 Å². The van der Waals surface area contributed by atoms with Gasteiger partial charge < -0.3 is 0 Å². The number of pyridine rings is 1. The lowest BCUT2D eigenvalue weighted by Crippen LogP contribution is -2.00. The number of aliphatic imine (C=N–C) groups is 1. The number of para-hydroxylation sites is 2. The molecule has 0 aliphatic heterocycles. The third-order valence-corrected chi connectivity index (χ3v) is 3.41. The number of nitrogens with zero attached hydrogens (tertiary/aromatic N) is 2. The molecule has 3 aromatic rings. The second kappa shape index (κ2) is 5.71. The number of fused-ring (bicyclic) bond motifs is 1. The molecule has 21 heavy (non-hydrogen) atoms. The summed E-state index contributed by atoms with van der Waals surface area (Å²) in [4.78, 5) is 9.36. The van der Waals surface area contributed by atoms with Gasteiger partial charge >= 0.3 is 0 Å². The van der Waals surface area contributed by atoms with Crippen molar-refractivity contribution in [2.75, 3.05) is 0 Å². The van der Waals surface area contributed by atoms with Gasteiger partial charge in [0.2, 0.25) is 0 Å². The van der Waals surface area contributed by atoms with E-state index in [1.54, 1.807) is 6.08 Å². The maximum absolute atomic E-state index is 4.69. The summed E-state index contributed by atoms with van der Waals surface area (Å²) >= 11 is 0. The third kappa shape index (κ3) is 2.75. The highest BCUT2D eigenvalue weighted by molar-refractivity contribution is 6.09. The summed E-state index contributed by atoms with van der Waals surface area (Å²) in [6, 6.07) is 20.2. The molecule has 0 N–H and O–H groups in total. The van der Waals surface area contributed by atoms with Crippen molar-refractivity contribution in [2.24, 2.45) is 4.99 Å². The van der Waals surface area contributed by atoms with Gasteiger partial charge in [0.25, 0.3) is 0 Å². The van der Waals surface area contributed by atoms with E-state index >= 15 is 0 Å². The average molecular weight is 272 g/mol. The Labute approximate surface area is 124 Å². The molecule has 2 nitrogen and oxygen atoms in total. The van der Waals surface area contributed by atoms with E-state index in [0.717, 1.165) is 33.6 Å². The highest BCUT2D eigenvalue weighted by Gasteiger charge is 2.04. The first-order chi connectivity index (χ1) is 10.3. The Bertz CT molecular complexity index is 832. The van der Waals surface area contributed by atoms with Gasteiger partial charge in [-0.1, -0.05) is 49.0 Å². The summed E-state index contributed by atoms with van der Waals surface area (Å²) < 4.78 is 0. The zero-order valence-corrected chi connectivity index (χ0v) is 12.0. The molecule has 0 aliphatic rings. The van der Waals surface area contributed by atoms with Crippen molar-refractivity contribution >= 4 is 22.3 Å². The molecule has 0 saturated carbocycles. The van der Waals surface area contributed by atoms with E-state index in [-0.39, 0.29) is 0 Å². The van der Waals surface area contributed by atoms with Crippen LogP contribution in [0.1, 0.15) is 11.3 Å². The van der Waals surface area contributed by atoms with Crippen molar-refractivity contribution in [1.82, 2.24) is 4.98 Å². The molecule has 0 fully saturated rings. The second-order valence-corrected chi connectivity index (χ2v) is 4.88. The number of aromatic nitrogens is 1. The molecule has 0 aliphatic carbocycles. The van der Waals surface area contributed by atoms with Crippen LogP contribution in [0, 0.1) is 6.92 Å². The number of benzene rings is 2. The van der Waals surface area contributed by atoms with Gasteiger partial charge in [-0.3, -0.25) is 0 Å². The summed E-state index contributed by atoms with van der Waals surface area (Å²) in [5, 5.41) is 1.13. The monoisotopic (exact) mass is 272 g/mol. The largest absolute Gasteiger partial charge is 0.247 e. The van der Waals surface area contributed by atoms with E-state index < -0.39 is 0 Å². The van der Waals surface area contributed by atoms with E-state index in [1.807, 2.05) is 55.5 Å². The van der Waals surface area contributed by atoms with E-state index in [2.05, 4.69) is 28.7 Å². The zero-order chi connectivity index (χ0) is 14.7. The molecule has 0 saturated heterocycles. The van der Waals surface area contributed by atoms with Crippen LogP contribution < -0.4 is 0 Å². The summed E-state index contributed by atoms with van der Waals surface area (Å²) in [5.74, 6) is 0. The minimum atomic E-state index is 0.787. The minimum Gasteiger partial charge on any atom is -0.247 e. The van der Waals surface area contributed by atoms with Crippen LogP contribution >= 0.6 is 0 Å². The van der Waals surface area contributed by atoms with Crippen LogP contribution in [0.25, 0.3) is 10.9 Å². The zero-order valence-electron chi connectivity index (χ0n) is 12.0. The van der Waals surface area contributed by atoms with Crippen LogP contribution in [0.4, 0.5) is 5.69 Å². The third-order valence-electron chi connectivity index (χ3n) is 3.41. The molecule has 0 atom stereocenters. The number of rotatable bonds is 3. The van der Waals surface area contributed by atoms with Crippen molar-refractivity contribution in [2.45, 2.75) is 6.92 Å². The fraction of sp³-hybridized carbons (Fsp3) is 0.0526. The molecule has 0 bridgehead atoms. The van der Waals surface area contributed by atoms with Crippen LogP contribution in [0.15, 0.2) is 78.3 Å². The Morgan fingerprint density at radius 1 is 1.00 bits per heavy atom. The second-order valence-electron chi connectivity index (χ2n) is 4.88. The molecule has 0 spiro atoms. The predicted octanol–water partition coefficient (Wildman–Crippen LogP) is 4.85. The molecule has 2 heteroatoms. The van der Waals surface area contributed by atoms with Crippen molar-refractivity contribution < 1.29 is 0 Å². The van der Waals surface area contributed by atoms with Crippen LogP contribution in [-0.4, -0.2) is 10.7 Å². The Hall–Kier alpha value is -2.74. The SMILES string of the molecule is C=CC(=Nc1ccccc1C)c1ccc2ccccc2n1. The smallest absolute Gasteiger partial charge is 0.0893 e. The molecule has 3 rings (SSSR count). The normalized spacial score (nSPS) is 11.6. The van der Waals surface area contributed by atoms with Gasteiger partial charge in [-0.25, -0.2) is 9.98 Å². The fourth-order valence-corrected chi connectivity index (χ4v) is 2.23. The molecule has 102 valence electrons. The van der Waals surface area contributed by atoms with Crippen LogP contribution in [0.2, 0.25) is 0 Å². The molecule has 0 amide bonds. The summed E-state index contributed by atoms with van der Waals surface area (Å²) in [6.45, 7) is 5.92. The van der Waals surface area contributed by atoms with Crippen molar-refractivity contribution in [3.63, 3.8) is 0 Å². The Morgan fingerprint density at radius 3 is 2.57 bits per heavy atom. The van der Waals surface area contributed by atoms with Crippen LogP contribution in [-0.2, 0) is 0 Å². The quantitative estimate of drug-likeness (QED) is 0.626. The van der Waals surface area contributed by atoms with Gasteiger partial charge in [-0.2, -0.15) is 0 Å².